The third-order valence-corrected chi connectivity index (χ3v) is 6.87. The fourth-order valence-corrected chi connectivity index (χ4v) is 5.44. The van der Waals surface area contributed by atoms with Crippen LogP contribution < -0.4 is 10.1 Å². The van der Waals surface area contributed by atoms with Gasteiger partial charge < -0.3 is 19.5 Å². The Labute approximate surface area is 189 Å². The van der Waals surface area contributed by atoms with Gasteiger partial charge in [-0.3, -0.25) is 4.98 Å². The summed E-state index contributed by atoms with van der Waals surface area (Å²) >= 11 is 5.90. The highest BCUT2D eigenvalue weighted by atomic mass is 32.1. The summed E-state index contributed by atoms with van der Waals surface area (Å²) in [6.45, 7) is 0. The molecule has 0 amide bonds. The Balaban J connectivity index is 1.58. The molecule has 5 nitrogen and oxygen atoms in total. The maximum Gasteiger partial charge on any atom is 0.170 e. The third-order valence-electron chi connectivity index (χ3n) is 6.54. The minimum Gasteiger partial charge on any atom is -0.497 e. The van der Waals surface area contributed by atoms with Gasteiger partial charge in [0.1, 0.15) is 5.75 Å². The number of methoxy groups -OCH3 is 1. The van der Waals surface area contributed by atoms with Gasteiger partial charge in [-0.15, -0.1) is 0 Å². The summed E-state index contributed by atoms with van der Waals surface area (Å²) in [4.78, 5) is 7.15. The molecule has 0 bridgehead atoms. The van der Waals surface area contributed by atoms with Gasteiger partial charge in [-0.25, -0.2) is 0 Å². The van der Waals surface area contributed by atoms with Crippen LogP contribution in [0.15, 0.2) is 67.0 Å². The Morgan fingerprint density at radius 3 is 2.52 bits per heavy atom. The summed E-state index contributed by atoms with van der Waals surface area (Å²) < 4.78 is 7.62. The summed E-state index contributed by atoms with van der Waals surface area (Å²) in [5, 5.41) is 4.46. The van der Waals surface area contributed by atoms with Gasteiger partial charge in [0.25, 0.3) is 0 Å². The van der Waals surface area contributed by atoms with Gasteiger partial charge in [0.05, 0.1) is 24.9 Å². The summed E-state index contributed by atoms with van der Waals surface area (Å²) in [7, 11) is 1.70. The molecular formula is C25H28N4OS. The molecule has 160 valence electrons. The lowest BCUT2D eigenvalue weighted by atomic mass is 9.92. The Hall–Kier alpha value is -2.86. The third kappa shape index (κ3) is 3.81. The van der Waals surface area contributed by atoms with Gasteiger partial charge in [-0.05, 0) is 73.6 Å². The second-order valence-corrected chi connectivity index (χ2v) is 8.71. The van der Waals surface area contributed by atoms with Crippen LogP contribution in [0.1, 0.15) is 55.6 Å². The average molecular weight is 433 g/mol. The standard InChI is InChI=1S/C25H28N4OS/c1-30-20-14-12-18(13-15-20)28-17-7-11-22(28)24-23(21-10-5-6-16-26-21)27-25(31)29(24)19-8-3-2-4-9-19/h5-7,10-17,19,23-24H,2-4,8-9H2,1H3,(H,27,31)/t23-,24-/m0/s1. The number of hydrogen-bond donors (Lipinski definition) is 1. The number of nitrogens with zero attached hydrogens (tertiary/aromatic N) is 3. The van der Waals surface area contributed by atoms with Crippen LogP contribution in [0.5, 0.6) is 5.75 Å². The van der Waals surface area contributed by atoms with E-state index in [1.807, 2.05) is 24.4 Å². The number of benzene rings is 1. The smallest absolute Gasteiger partial charge is 0.170 e. The Bertz CT molecular complexity index is 1030. The van der Waals surface area contributed by atoms with Gasteiger partial charge in [-0.2, -0.15) is 0 Å². The number of pyridine rings is 1. The second-order valence-electron chi connectivity index (χ2n) is 8.33. The van der Waals surface area contributed by atoms with Crippen molar-refractivity contribution in [2.24, 2.45) is 0 Å². The maximum atomic E-state index is 5.90. The van der Waals surface area contributed by atoms with Gasteiger partial charge in [0, 0.05) is 29.8 Å². The van der Waals surface area contributed by atoms with Crippen LogP contribution in [-0.2, 0) is 0 Å². The summed E-state index contributed by atoms with van der Waals surface area (Å²) in [5.74, 6) is 0.858. The maximum absolute atomic E-state index is 5.90. The molecular weight excluding hydrogens is 404 g/mol. The molecule has 6 heteroatoms. The first-order valence-electron chi connectivity index (χ1n) is 11.1. The minimum atomic E-state index is 0.0162. The number of aromatic nitrogens is 2. The molecule has 1 aliphatic carbocycles. The topological polar surface area (TPSA) is 42.3 Å². The quantitative estimate of drug-likeness (QED) is 0.562. The van der Waals surface area contributed by atoms with Gasteiger partial charge in [-0.1, -0.05) is 25.3 Å². The lowest BCUT2D eigenvalue weighted by Crippen LogP contribution is -2.40. The van der Waals surface area contributed by atoms with Gasteiger partial charge >= 0.3 is 0 Å². The van der Waals surface area contributed by atoms with E-state index >= 15 is 0 Å². The van der Waals surface area contributed by atoms with Crippen LogP contribution in [0.3, 0.4) is 0 Å². The molecule has 3 aromatic rings. The van der Waals surface area contributed by atoms with Crippen molar-refractivity contribution in [2.75, 3.05) is 7.11 Å². The normalized spacial score (nSPS) is 21.8. The molecule has 1 saturated heterocycles. The van der Waals surface area contributed by atoms with Crippen molar-refractivity contribution in [2.45, 2.75) is 50.2 Å². The van der Waals surface area contributed by atoms with Crippen molar-refractivity contribution in [1.29, 1.82) is 0 Å². The van der Waals surface area contributed by atoms with E-state index in [4.69, 9.17) is 17.0 Å². The van der Waals surface area contributed by atoms with Crippen LogP contribution in [0.2, 0.25) is 0 Å². The van der Waals surface area contributed by atoms with E-state index in [-0.39, 0.29) is 12.1 Å². The molecule has 1 aromatic carbocycles. The van der Waals surface area contributed by atoms with E-state index in [1.165, 1.54) is 37.8 Å². The number of nitrogens with one attached hydrogen (secondary N) is 1. The van der Waals surface area contributed by atoms with E-state index in [0.717, 1.165) is 22.2 Å². The van der Waals surface area contributed by atoms with Crippen molar-refractivity contribution < 1.29 is 4.74 Å². The first-order chi connectivity index (χ1) is 15.3. The Morgan fingerprint density at radius 2 is 1.81 bits per heavy atom. The predicted octanol–water partition coefficient (Wildman–Crippen LogP) is 5.19. The zero-order valence-corrected chi connectivity index (χ0v) is 18.6. The lowest BCUT2D eigenvalue weighted by molar-refractivity contribution is 0.193. The number of ether oxygens (including phenoxy) is 1. The number of rotatable bonds is 5. The monoisotopic (exact) mass is 432 g/mol. The van der Waals surface area contributed by atoms with Crippen LogP contribution in [0.4, 0.5) is 0 Å². The zero-order chi connectivity index (χ0) is 21.2. The molecule has 2 aliphatic rings. The van der Waals surface area contributed by atoms with E-state index in [9.17, 15) is 0 Å². The highest BCUT2D eigenvalue weighted by Crippen LogP contribution is 2.43. The SMILES string of the molecule is COc1ccc(-n2cccc2[C@H]2[C@H](c3ccccn3)NC(=S)N2C2CCCCC2)cc1. The van der Waals surface area contributed by atoms with Crippen molar-refractivity contribution in [3.05, 3.63) is 78.4 Å². The molecule has 5 rings (SSSR count). The van der Waals surface area contributed by atoms with Crippen LogP contribution in [0.25, 0.3) is 5.69 Å². The molecule has 1 saturated carbocycles. The molecule has 1 aliphatic heterocycles. The van der Waals surface area contributed by atoms with Crippen LogP contribution in [0, 0.1) is 0 Å². The van der Waals surface area contributed by atoms with Crippen molar-refractivity contribution in [3.63, 3.8) is 0 Å². The van der Waals surface area contributed by atoms with Gasteiger partial charge in [0.2, 0.25) is 0 Å². The van der Waals surface area contributed by atoms with E-state index in [0.29, 0.717) is 6.04 Å². The van der Waals surface area contributed by atoms with Gasteiger partial charge in [0.15, 0.2) is 5.11 Å². The fraction of sp³-hybridized carbons (Fsp3) is 0.360. The Morgan fingerprint density at radius 1 is 1.00 bits per heavy atom. The number of thiocarbonyl (C=S) groups is 1. The van der Waals surface area contributed by atoms with Crippen molar-refractivity contribution in [3.8, 4) is 11.4 Å². The van der Waals surface area contributed by atoms with E-state index < -0.39 is 0 Å². The van der Waals surface area contributed by atoms with E-state index in [2.05, 4.69) is 62.4 Å². The first-order valence-corrected chi connectivity index (χ1v) is 11.5. The fourth-order valence-electron chi connectivity index (χ4n) is 5.05. The van der Waals surface area contributed by atoms with Crippen LogP contribution in [-0.4, -0.2) is 32.7 Å². The molecule has 0 unspecified atom stereocenters. The zero-order valence-electron chi connectivity index (χ0n) is 17.8. The van der Waals surface area contributed by atoms with E-state index in [1.54, 1.807) is 7.11 Å². The molecule has 2 aromatic heterocycles. The summed E-state index contributed by atoms with van der Waals surface area (Å²) in [5.41, 5.74) is 3.36. The Kier molecular flexibility index (Phi) is 5.64. The van der Waals surface area contributed by atoms with Crippen molar-refractivity contribution >= 4 is 17.3 Å². The highest BCUT2D eigenvalue weighted by molar-refractivity contribution is 7.80. The highest BCUT2D eigenvalue weighted by Gasteiger charge is 2.44. The number of hydrogen-bond acceptors (Lipinski definition) is 3. The minimum absolute atomic E-state index is 0.0162. The first kappa shape index (κ1) is 20.1. The predicted molar refractivity (Wildman–Crippen MR) is 126 cm³/mol. The molecule has 2 fully saturated rings. The van der Waals surface area contributed by atoms with Crippen molar-refractivity contribution in [1.82, 2.24) is 19.8 Å². The second kappa shape index (κ2) is 8.71. The molecule has 31 heavy (non-hydrogen) atoms. The molecule has 0 radical (unpaired) electrons. The average Bonchev–Trinajstić information content (AvgIpc) is 3.44. The molecule has 2 atom stereocenters. The summed E-state index contributed by atoms with van der Waals surface area (Å²) in [6, 6.07) is 19.2. The largest absolute Gasteiger partial charge is 0.497 e. The molecule has 0 spiro atoms. The lowest BCUT2D eigenvalue weighted by Gasteiger charge is -2.37. The molecule has 3 heterocycles. The van der Waals surface area contributed by atoms with Crippen LogP contribution >= 0.6 is 12.2 Å². The molecule has 1 N–H and O–H groups in total. The summed E-state index contributed by atoms with van der Waals surface area (Å²) in [6.07, 6.45) is 10.2.